The number of nitrogens with one attached hydrogen (secondary N) is 1. The predicted molar refractivity (Wildman–Crippen MR) is 115 cm³/mol. The van der Waals surface area contributed by atoms with Crippen LogP contribution in [0.25, 0.3) is 10.8 Å². The van der Waals surface area contributed by atoms with Gasteiger partial charge >= 0.3 is 0 Å². The van der Waals surface area contributed by atoms with Gasteiger partial charge in [0, 0.05) is 12.4 Å². The van der Waals surface area contributed by atoms with Gasteiger partial charge in [-0.3, -0.25) is 4.98 Å². The van der Waals surface area contributed by atoms with Crippen LogP contribution in [0.15, 0.2) is 60.9 Å². The molecule has 0 unspecified atom stereocenters. The van der Waals surface area contributed by atoms with Crippen molar-refractivity contribution >= 4 is 10.8 Å². The lowest BCUT2D eigenvalue weighted by molar-refractivity contribution is 0.0421. The van der Waals surface area contributed by atoms with E-state index in [-0.39, 0.29) is 6.10 Å². The minimum absolute atomic E-state index is 0.269. The van der Waals surface area contributed by atoms with Gasteiger partial charge < -0.3 is 15.2 Å². The highest BCUT2D eigenvalue weighted by atomic mass is 16.5. The summed E-state index contributed by atoms with van der Waals surface area (Å²) in [6, 6.07) is 16.7. The molecule has 0 amide bonds. The van der Waals surface area contributed by atoms with Crippen molar-refractivity contribution in [3.63, 3.8) is 0 Å². The van der Waals surface area contributed by atoms with E-state index in [9.17, 15) is 5.11 Å². The van der Waals surface area contributed by atoms with Crippen LogP contribution in [0.1, 0.15) is 30.9 Å². The molecule has 0 saturated heterocycles. The summed E-state index contributed by atoms with van der Waals surface area (Å²) in [6.07, 6.45) is 6.46. The molecule has 2 aromatic carbocycles. The van der Waals surface area contributed by atoms with Crippen molar-refractivity contribution in [1.82, 2.24) is 10.3 Å². The molecule has 2 atom stereocenters. The summed E-state index contributed by atoms with van der Waals surface area (Å²) in [7, 11) is 1.98. The number of aliphatic hydroxyl groups is 1. The van der Waals surface area contributed by atoms with Crippen molar-refractivity contribution in [1.29, 1.82) is 0 Å². The number of aliphatic hydroxyl groups excluding tert-OH is 1. The van der Waals surface area contributed by atoms with Crippen LogP contribution in [-0.4, -0.2) is 35.9 Å². The Bertz CT molecular complexity index is 867. The Morgan fingerprint density at radius 1 is 1.04 bits per heavy atom. The Hall–Kier alpha value is -2.43. The Morgan fingerprint density at radius 3 is 2.64 bits per heavy atom. The number of pyridine rings is 1. The lowest BCUT2D eigenvalue weighted by atomic mass is 10.0. The molecular weight excluding hydrogens is 348 g/mol. The molecule has 0 saturated carbocycles. The van der Waals surface area contributed by atoms with Crippen LogP contribution in [0.4, 0.5) is 0 Å². The summed E-state index contributed by atoms with van der Waals surface area (Å²) in [5, 5.41) is 16.0. The fraction of sp³-hybridized carbons (Fsp3) is 0.375. The second-order valence-corrected chi connectivity index (χ2v) is 7.34. The molecule has 4 nitrogen and oxygen atoms in total. The maximum atomic E-state index is 10.4. The van der Waals surface area contributed by atoms with Crippen LogP contribution in [0.3, 0.4) is 0 Å². The van der Waals surface area contributed by atoms with Crippen molar-refractivity contribution in [2.75, 3.05) is 13.6 Å². The SMILES string of the molecule is CNCCCc1ccc2cc(O[C@@H](C)[C@H](O)CCc3cccnc3)ccc2c1. The van der Waals surface area contributed by atoms with Crippen molar-refractivity contribution < 1.29 is 9.84 Å². The number of ether oxygens (including phenoxy) is 1. The summed E-state index contributed by atoms with van der Waals surface area (Å²) in [5.41, 5.74) is 2.49. The minimum Gasteiger partial charge on any atom is -0.488 e. The number of nitrogens with zero attached hydrogens (tertiary/aromatic N) is 1. The van der Waals surface area contributed by atoms with Crippen LogP contribution in [0.5, 0.6) is 5.75 Å². The van der Waals surface area contributed by atoms with Gasteiger partial charge in [0.25, 0.3) is 0 Å². The third-order valence-corrected chi connectivity index (χ3v) is 5.08. The number of aromatic nitrogens is 1. The third-order valence-electron chi connectivity index (χ3n) is 5.08. The van der Waals surface area contributed by atoms with E-state index in [0.717, 1.165) is 42.5 Å². The van der Waals surface area contributed by atoms with Crippen LogP contribution >= 0.6 is 0 Å². The lowest BCUT2D eigenvalue weighted by Crippen LogP contribution is -2.29. The topological polar surface area (TPSA) is 54.4 Å². The molecule has 0 aliphatic carbocycles. The smallest absolute Gasteiger partial charge is 0.122 e. The molecule has 0 aliphatic rings. The second-order valence-electron chi connectivity index (χ2n) is 7.34. The average Bonchev–Trinajstić information content (AvgIpc) is 2.73. The number of fused-ring (bicyclic) bond motifs is 1. The zero-order valence-electron chi connectivity index (χ0n) is 16.8. The van der Waals surface area contributed by atoms with Crippen molar-refractivity contribution in [3.8, 4) is 5.75 Å². The molecule has 2 N–H and O–H groups in total. The standard InChI is InChI=1S/C24H30N2O2/c1-18(24(27)12-8-20-6-4-14-26-17-20)28-23-11-10-21-15-19(5-3-13-25-2)7-9-22(21)16-23/h4,6-7,9-11,14-18,24-25,27H,3,5,8,12-13H2,1-2H3/t18-,24+/m0/s1. The molecule has 3 rings (SSSR count). The Labute approximate surface area is 167 Å². The molecule has 4 heteroatoms. The monoisotopic (exact) mass is 378 g/mol. The first-order valence-electron chi connectivity index (χ1n) is 10.1. The minimum atomic E-state index is -0.523. The van der Waals surface area contributed by atoms with E-state index < -0.39 is 6.10 Å². The quantitative estimate of drug-likeness (QED) is 0.521. The van der Waals surface area contributed by atoms with E-state index in [1.165, 1.54) is 10.9 Å². The van der Waals surface area contributed by atoms with Gasteiger partial charge in [0.05, 0.1) is 6.10 Å². The zero-order valence-corrected chi connectivity index (χ0v) is 16.8. The normalized spacial score (nSPS) is 13.4. The summed E-state index contributed by atoms with van der Waals surface area (Å²) < 4.78 is 6.01. The number of hydrogen-bond donors (Lipinski definition) is 2. The summed E-state index contributed by atoms with van der Waals surface area (Å²) in [5.74, 6) is 0.795. The van der Waals surface area contributed by atoms with Crippen molar-refractivity contribution in [2.24, 2.45) is 0 Å². The molecule has 0 radical (unpaired) electrons. The first-order chi connectivity index (χ1) is 13.7. The molecular formula is C24H30N2O2. The van der Waals surface area contributed by atoms with Gasteiger partial charge in [-0.2, -0.15) is 0 Å². The first-order valence-corrected chi connectivity index (χ1v) is 10.1. The van der Waals surface area contributed by atoms with Gasteiger partial charge in [-0.25, -0.2) is 0 Å². The third kappa shape index (κ3) is 5.78. The molecule has 28 heavy (non-hydrogen) atoms. The molecule has 0 bridgehead atoms. The number of rotatable bonds is 10. The molecule has 0 fully saturated rings. The Kier molecular flexibility index (Phi) is 7.40. The number of hydrogen-bond acceptors (Lipinski definition) is 4. The van der Waals surface area contributed by atoms with Crippen LogP contribution in [0, 0.1) is 0 Å². The van der Waals surface area contributed by atoms with E-state index >= 15 is 0 Å². The van der Waals surface area contributed by atoms with Crippen LogP contribution in [-0.2, 0) is 12.8 Å². The molecule has 1 aromatic heterocycles. The van der Waals surface area contributed by atoms with Gasteiger partial charge in [0.2, 0.25) is 0 Å². The molecule has 3 aromatic rings. The predicted octanol–water partition coefficient (Wildman–Crippen LogP) is 4.15. The van der Waals surface area contributed by atoms with Gasteiger partial charge in [-0.15, -0.1) is 0 Å². The highest BCUT2D eigenvalue weighted by Crippen LogP contribution is 2.24. The number of aryl methyl sites for hydroxylation is 2. The summed E-state index contributed by atoms with van der Waals surface area (Å²) in [4.78, 5) is 4.12. The van der Waals surface area contributed by atoms with Crippen molar-refractivity contribution in [2.45, 2.75) is 44.8 Å². The van der Waals surface area contributed by atoms with Gasteiger partial charge in [-0.05, 0) is 86.3 Å². The lowest BCUT2D eigenvalue weighted by Gasteiger charge is -2.21. The van der Waals surface area contributed by atoms with Crippen molar-refractivity contribution in [3.05, 3.63) is 72.1 Å². The second kappa shape index (κ2) is 10.2. The first kappa shape index (κ1) is 20.3. The van der Waals surface area contributed by atoms with E-state index in [1.54, 1.807) is 6.20 Å². The molecule has 0 aliphatic heterocycles. The average molecular weight is 379 g/mol. The van der Waals surface area contributed by atoms with Gasteiger partial charge in [-0.1, -0.05) is 30.3 Å². The van der Waals surface area contributed by atoms with E-state index in [2.05, 4.69) is 40.6 Å². The molecule has 0 spiro atoms. The van der Waals surface area contributed by atoms with Gasteiger partial charge in [0.15, 0.2) is 0 Å². The highest BCUT2D eigenvalue weighted by Gasteiger charge is 2.16. The molecule has 148 valence electrons. The summed E-state index contributed by atoms with van der Waals surface area (Å²) >= 11 is 0. The maximum Gasteiger partial charge on any atom is 0.122 e. The highest BCUT2D eigenvalue weighted by molar-refractivity contribution is 5.84. The number of benzene rings is 2. The fourth-order valence-electron chi connectivity index (χ4n) is 3.36. The van der Waals surface area contributed by atoms with E-state index in [4.69, 9.17) is 4.74 Å². The van der Waals surface area contributed by atoms with Crippen LogP contribution in [0.2, 0.25) is 0 Å². The summed E-state index contributed by atoms with van der Waals surface area (Å²) in [6.45, 7) is 2.95. The van der Waals surface area contributed by atoms with Crippen LogP contribution < -0.4 is 10.1 Å². The maximum absolute atomic E-state index is 10.4. The Morgan fingerprint density at radius 2 is 1.86 bits per heavy atom. The van der Waals surface area contributed by atoms with E-state index in [1.807, 2.05) is 38.4 Å². The largest absolute Gasteiger partial charge is 0.488 e. The zero-order chi connectivity index (χ0) is 19.8. The van der Waals surface area contributed by atoms with Gasteiger partial charge in [0.1, 0.15) is 11.9 Å². The van der Waals surface area contributed by atoms with E-state index in [0.29, 0.717) is 6.42 Å². The molecule has 1 heterocycles. The Balaban J connectivity index is 1.57. The fourth-order valence-corrected chi connectivity index (χ4v) is 3.36.